The van der Waals surface area contributed by atoms with Crippen LogP contribution >= 0.6 is 0 Å². The van der Waals surface area contributed by atoms with Crippen LogP contribution < -0.4 is 0 Å². The molecule has 0 bridgehead atoms. The number of amides is 3. The lowest BCUT2D eigenvalue weighted by molar-refractivity contribution is -0.160. The van der Waals surface area contributed by atoms with Crippen molar-refractivity contribution in [2.75, 3.05) is 26.7 Å². The number of likely N-dealkylation sites (tertiary alicyclic amines) is 1. The summed E-state index contributed by atoms with van der Waals surface area (Å²) in [6.07, 6.45) is 8.42. The summed E-state index contributed by atoms with van der Waals surface area (Å²) in [6, 6.07) is 11.8. The Bertz CT molecular complexity index is 1170. The first-order chi connectivity index (χ1) is 17.3. The van der Waals surface area contributed by atoms with Gasteiger partial charge in [0.1, 0.15) is 0 Å². The highest BCUT2D eigenvalue weighted by Gasteiger charge is 2.35. The molecule has 1 atom stereocenters. The van der Waals surface area contributed by atoms with Crippen molar-refractivity contribution in [3.05, 3.63) is 42.5 Å². The molecule has 1 aliphatic carbocycles. The summed E-state index contributed by atoms with van der Waals surface area (Å²) >= 11 is 0. The van der Waals surface area contributed by atoms with Gasteiger partial charge in [-0.1, -0.05) is 56.0 Å². The van der Waals surface area contributed by atoms with Crippen molar-refractivity contribution in [2.45, 2.75) is 62.7 Å². The summed E-state index contributed by atoms with van der Waals surface area (Å²) in [5, 5.41) is 12.6. The van der Waals surface area contributed by atoms with E-state index in [1.807, 2.05) is 24.3 Å². The molecule has 1 aliphatic heterocycles. The van der Waals surface area contributed by atoms with Gasteiger partial charge in [-0.25, -0.2) is 17.5 Å². The number of fused-ring (bicyclic) bond motifs is 1. The Morgan fingerprint density at radius 1 is 1.00 bits per heavy atom. The number of piperidine rings is 1. The van der Waals surface area contributed by atoms with Crippen molar-refractivity contribution in [2.24, 2.45) is 11.8 Å². The highest BCUT2D eigenvalue weighted by molar-refractivity contribution is 7.89. The first-order valence-electron chi connectivity index (χ1n) is 13.0. The number of hydrogen-bond donors (Lipinski definition) is 1. The molecule has 2 fully saturated rings. The maximum atomic E-state index is 13.4. The molecule has 1 heterocycles. The number of carbonyl (C=O) groups is 2. The van der Waals surface area contributed by atoms with Crippen LogP contribution in [0.3, 0.4) is 0 Å². The monoisotopic (exact) mass is 515 g/mol. The van der Waals surface area contributed by atoms with Crippen LogP contribution in [0.1, 0.15) is 57.8 Å². The molecule has 2 aromatic rings. The summed E-state index contributed by atoms with van der Waals surface area (Å²) in [6.45, 7) is 0.906. The number of hydroxylamine groups is 2. The van der Waals surface area contributed by atoms with Gasteiger partial charge in [-0.15, -0.1) is 5.06 Å². The van der Waals surface area contributed by atoms with Crippen LogP contribution in [0, 0.1) is 11.8 Å². The molecule has 2 aliphatic rings. The zero-order valence-corrected chi connectivity index (χ0v) is 21.8. The van der Waals surface area contributed by atoms with Crippen LogP contribution in [-0.2, 0) is 14.8 Å². The normalized spacial score (nSPS) is 18.0. The molecule has 9 heteroatoms. The van der Waals surface area contributed by atoms with E-state index in [2.05, 4.69) is 0 Å². The van der Waals surface area contributed by atoms with Gasteiger partial charge in [0.2, 0.25) is 10.0 Å². The molecular formula is C27H37N3O5S. The lowest BCUT2D eigenvalue weighted by Gasteiger charge is -2.31. The van der Waals surface area contributed by atoms with Gasteiger partial charge in [0.15, 0.2) is 0 Å². The van der Waals surface area contributed by atoms with E-state index >= 15 is 0 Å². The van der Waals surface area contributed by atoms with E-state index in [0.717, 1.165) is 49.3 Å². The molecule has 4 rings (SSSR count). The van der Waals surface area contributed by atoms with Gasteiger partial charge in [-0.2, -0.15) is 0 Å². The molecule has 0 unspecified atom stereocenters. The lowest BCUT2D eigenvalue weighted by Crippen LogP contribution is -2.49. The fourth-order valence-corrected chi connectivity index (χ4v) is 6.68. The fraction of sp³-hybridized carbons (Fsp3) is 0.556. The topological polar surface area (TPSA) is 98.2 Å². The third-order valence-electron chi connectivity index (χ3n) is 7.67. The second-order valence-corrected chi connectivity index (χ2v) is 12.2. The van der Waals surface area contributed by atoms with Crippen LogP contribution in [0.15, 0.2) is 47.4 Å². The van der Waals surface area contributed by atoms with E-state index in [9.17, 15) is 23.2 Å². The molecule has 0 radical (unpaired) electrons. The van der Waals surface area contributed by atoms with Crippen molar-refractivity contribution in [1.29, 1.82) is 0 Å². The van der Waals surface area contributed by atoms with Crippen LogP contribution in [0.4, 0.5) is 4.79 Å². The highest BCUT2D eigenvalue weighted by atomic mass is 32.2. The molecule has 1 N–H and O–H groups in total. The minimum Gasteiger partial charge on any atom is -0.322 e. The Balaban J connectivity index is 1.51. The maximum absolute atomic E-state index is 13.4. The molecule has 1 saturated heterocycles. The third-order valence-corrected chi connectivity index (χ3v) is 9.49. The van der Waals surface area contributed by atoms with Gasteiger partial charge in [-0.05, 0) is 60.9 Å². The first-order valence-corrected chi connectivity index (χ1v) is 14.5. The van der Waals surface area contributed by atoms with Crippen molar-refractivity contribution >= 4 is 32.7 Å². The molecule has 36 heavy (non-hydrogen) atoms. The van der Waals surface area contributed by atoms with Gasteiger partial charge in [0, 0.05) is 26.7 Å². The van der Waals surface area contributed by atoms with Crippen LogP contribution in [-0.4, -0.2) is 66.5 Å². The predicted molar refractivity (Wildman–Crippen MR) is 138 cm³/mol. The van der Waals surface area contributed by atoms with Gasteiger partial charge >= 0.3 is 6.03 Å². The number of imide groups is 1. The molecule has 0 spiro atoms. The zero-order valence-electron chi connectivity index (χ0n) is 21.0. The largest absolute Gasteiger partial charge is 0.351 e. The SMILES string of the molecule is CN(C[C@H](CCC1CCCC1)C(=O)N(O)C(=O)N1CCCCC1)S(=O)(=O)c1ccc2ccccc2c1. The third kappa shape index (κ3) is 6.07. The standard InChI is InChI=1S/C27H37N3O5S/c1-28(36(34,35)25-16-15-22-11-5-6-12-23(22)19-25)20-24(14-13-21-9-3-4-10-21)26(31)30(33)27(32)29-17-7-2-8-18-29/h5-6,11-12,15-16,19,21,24,33H,2-4,7-10,13-14,17-18,20H2,1H3/t24-/m0/s1. The fourth-order valence-electron chi connectivity index (χ4n) is 5.43. The molecule has 1 saturated carbocycles. The second-order valence-electron chi connectivity index (χ2n) is 10.2. The minimum atomic E-state index is -3.88. The second kappa shape index (κ2) is 11.7. The number of hydrogen-bond acceptors (Lipinski definition) is 5. The number of rotatable bonds is 8. The highest BCUT2D eigenvalue weighted by Crippen LogP contribution is 2.31. The summed E-state index contributed by atoms with van der Waals surface area (Å²) in [4.78, 5) is 27.7. The van der Waals surface area contributed by atoms with Crippen molar-refractivity contribution in [3.8, 4) is 0 Å². The zero-order chi connectivity index (χ0) is 25.7. The van der Waals surface area contributed by atoms with Crippen LogP contribution in [0.5, 0.6) is 0 Å². The molecule has 196 valence electrons. The van der Waals surface area contributed by atoms with Crippen LogP contribution in [0.2, 0.25) is 0 Å². The van der Waals surface area contributed by atoms with E-state index < -0.39 is 27.9 Å². The van der Waals surface area contributed by atoms with Gasteiger partial charge < -0.3 is 4.90 Å². The first kappa shape index (κ1) is 26.6. The molecule has 8 nitrogen and oxygen atoms in total. The van der Waals surface area contributed by atoms with E-state index in [-0.39, 0.29) is 16.5 Å². The number of carbonyl (C=O) groups excluding carboxylic acids is 2. The quantitative estimate of drug-likeness (QED) is 0.400. The Morgan fingerprint density at radius 3 is 2.36 bits per heavy atom. The number of urea groups is 1. The average molecular weight is 516 g/mol. The van der Waals surface area contributed by atoms with Gasteiger partial charge in [0.05, 0.1) is 10.8 Å². The van der Waals surface area contributed by atoms with Crippen molar-refractivity contribution < 1.29 is 23.2 Å². The smallest absolute Gasteiger partial charge is 0.322 e. The van der Waals surface area contributed by atoms with Crippen molar-refractivity contribution in [3.63, 3.8) is 0 Å². The number of nitrogens with zero attached hydrogens (tertiary/aromatic N) is 3. The Hall–Kier alpha value is -2.49. The molecule has 0 aromatic heterocycles. The molecular weight excluding hydrogens is 478 g/mol. The van der Waals surface area contributed by atoms with E-state index in [1.54, 1.807) is 18.2 Å². The molecule has 3 amide bonds. The van der Waals surface area contributed by atoms with E-state index in [0.29, 0.717) is 25.4 Å². The van der Waals surface area contributed by atoms with Gasteiger partial charge in [0.25, 0.3) is 5.91 Å². The summed E-state index contributed by atoms with van der Waals surface area (Å²) in [5.41, 5.74) is 0. The summed E-state index contributed by atoms with van der Waals surface area (Å²) in [5.74, 6) is -1.05. The maximum Gasteiger partial charge on any atom is 0.351 e. The van der Waals surface area contributed by atoms with E-state index in [4.69, 9.17) is 0 Å². The Labute approximate surface area is 213 Å². The summed E-state index contributed by atoms with van der Waals surface area (Å²) in [7, 11) is -2.42. The van der Waals surface area contributed by atoms with Gasteiger partial charge in [-0.3, -0.25) is 10.0 Å². The average Bonchev–Trinajstić information content (AvgIpc) is 3.43. The number of benzene rings is 2. The lowest BCUT2D eigenvalue weighted by atomic mass is 9.94. The van der Waals surface area contributed by atoms with Crippen LogP contribution in [0.25, 0.3) is 10.8 Å². The summed E-state index contributed by atoms with van der Waals surface area (Å²) < 4.78 is 28.0. The van der Waals surface area contributed by atoms with E-state index in [1.165, 1.54) is 29.1 Å². The Kier molecular flexibility index (Phi) is 8.64. The van der Waals surface area contributed by atoms with Crippen molar-refractivity contribution in [1.82, 2.24) is 14.3 Å². The predicted octanol–water partition coefficient (Wildman–Crippen LogP) is 4.87. The molecule has 2 aromatic carbocycles. The number of sulfonamides is 1. The minimum absolute atomic E-state index is 0.106. The Morgan fingerprint density at radius 2 is 1.67 bits per heavy atom.